The highest BCUT2D eigenvalue weighted by Crippen LogP contribution is 2.34. The molecular weight excluding hydrogens is 250 g/mol. The van der Waals surface area contributed by atoms with Gasteiger partial charge in [0.2, 0.25) is 0 Å². The summed E-state index contributed by atoms with van der Waals surface area (Å²) in [7, 11) is 0. The predicted octanol–water partition coefficient (Wildman–Crippen LogP) is 3.07. The molecule has 0 aromatic carbocycles. The van der Waals surface area contributed by atoms with E-state index in [0.717, 1.165) is 23.2 Å². The van der Waals surface area contributed by atoms with Gasteiger partial charge in [-0.25, -0.2) is 4.98 Å². The molecule has 13 heavy (non-hydrogen) atoms. The minimum atomic E-state index is 0.251. The molecule has 0 bridgehead atoms. The standard InChI is InChI=1S/C9H12BrNOS/c1-6-5-11-9(13-6)8-3-2-7(4-10)12-8/h5,7-8H,2-4H2,1H3. The number of hydrogen-bond acceptors (Lipinski definition) is 3. The number of nitrogens with zero attached hydrogens (tertiary/aromatic N) is 1. The van der Waals surface area contributed by atoms with E-state index in [-0.39, 0.29) is 6.10 Å². The van der Waals surface area contributed by atoms with E-state index in [1.807, 2.05) is 6.20 Å². The molecule has 0 saturated carbocycles. The summed E-state index contributed by atoms with van der Waals surface area (Å²) in [6, 6.07) is 0. The van der Waals surface area contributed by atoms with E-state index < -0.39 is 0 Å². The number of aromatic nitrogens is 1. The SMILES string of the molecule is Cc1cnc(C2CCC(CBr)O2)s1. The van der Waals surface area contributed by atoms with Gasteiger partial charge in [-0.3, -0.25) is 0 Å². The Labute approximate surface area is 90.5 Å². The van der Waals surface area contributed by atoms with Crippen molar-refractivity contribution in [2.45, 2.75) is 32.0 Å². The number of aryl methyl sites for hydroxylation is 1. The van der Waals surface area contributed by atoms with Crippen LogP contribution in [-0.2, 0) is 4.74 Å². The lowest BCUT2D eigenvalue weighted by molar-refractivity contribution is 0.0587. The molecular formula is C9H12BrNOS. The van der Waals surface area contributed by atoms with Crippen molar-refractivity contribution in [3.8, 4) is 0 Å². The molecule has 1 aliphatic heterocycles. The maximum atomic E-state index is 5.81. The van der Waals surface area contributed by atoms with E-state index in [2.05, 4.69) is 27.8 Å². The van der Waals surface area contributed by atoms with Crippen LogP contribution >= 0.6 is 27.3 Å². The first kappa shape index (κ1) is 9.62. The number of thiazole rings is 1. The Bertz CT molecular complexity index is 289. The molecule has 2 atom stereocenters. The monoisotopic (exact) mass is 261 g/mol. The van der Waals surface area contributed by atoms with E-state index in [9.17, 15) is 0 Å². The summed E-state index contributed by atoms with van der Waals surface area (Å²) in [5.41, 5.74) is 0. The van der Waals surface area contributed by atoms with Gasteiger partial charge < -0.3 is 4.74 Å². The number of hydrogen-bond donors (Lipinski definition) is 0. The molecule has 2 unspecified atom stereocenters. The molecule has 1 aromatic heterocycles. The van der Waals surface area contributed by atoms with Gasteiger partial charge in [-0.2, -0.15) is 0 Å². The van der Waals surface area contributed by atoms with Crippen molar-refractivity contribution >= 4 is 27.3 Å². The van der Waals surface area contributed by atoms with Crippen molar-refractivity contribution in [2.75, 3.05) is 5.33 Å². The minimum Gasteiger partial charge on any atom is -0.367 e. The van der Waals surface area contributed by atoms with Crippen LogP contribution in [0.25, 0.3) is 0 Å². The lowest BCUT2D eigenvalue weighted by atomic mass is 10.2. The van der Waals surface area contributed by atoms with Crippen LogP contribution in [0.5, 0.6) is 0 Å². The molecule has 0 spiro atoms. The fourth-order valence-electron chi connectivity index (χ4n) is 1.52. The van der Waals surface area contributed by atoms with Gasteiger partial charge in [0, 0.05) is 16.4 Å². The van der Waals surface area contributed by atoms with Gasteiger partial charge in [0.05, 0.1) is 6.10 Å². The number of rotatable bonds is 2. The Hall–Kier alpha value is 0.0700. The summed E-state index contributed by atoms with van der Waals surface area (Å²) in [4.78, 5) is 5.61. The van der Waals surface area contributed by atoms with Crippen LogP contribution in [0.4, 0.5) is 0 Å². The van der Waals surface area contributed by atoms with Crippen LogP contribution in [-0.4, -0.2) is 16.4 Å². The Morgan fingerprint density at radius 1 is 1.69 bits per heavy atom. The fraction of sp³-hybridized carbons (Fsp3) is 0.667. The van der Waals surface area contributed by atoms with Crippen molar-refractivity contribution in [3.05, 3.63) is 16.1 Å². The third-order valence-electron chi connectivity index (χ3n) is 2.19. The quantitative estimate of drug-likeness (QED) is 0.764. The van der Waals surface area contributed by atoms with Crippen molar-refractivity contribution in [2.24, 2.45) is 0 Å². The number of halogens is 1. The molecule has 0 N–H and O–H groups in total. The highest BCUT2D eigenvalue weighted by molar-refractivity contribution is 9.09. The predicted molar refractivity (Wildman–Crippen MR) is 57.5 cm³/mol. The summed E-state index contributed by atoms with van der Waals surface area (Å²) in [6.07, 6.45) is 4.82. The smallest absolute Gasteiger partial charge is 0.122 e. The van der Waals surface area contributed by atoms with Crippen molar-refractivity contribution in [1.82, 2.24) is 4.98 Å². The molecule has 72 valence electrons. The molecule has 2 nitrogen and oxygen atoms in total. The van der Waals surface area contributed by atoms with Crippen LogP contribution < -0.4 is 0 Å². The van der Waals surface area contributed by atoms with Crippen LogP contribution in [0.3, 0.4) is 0 Å². The molecule has 2 heterocycles. The topological polar surface area (TPSA) is 22.1 Å². The average molecular weight is 262 g/mol. The van der Waals surface area contributed by atoms with Gasteiger partial charge in [0.15, 0.2) is 0 Å². The zero-order valence-corrected chi connectivity index (χ0v) is 9.90. The highest BCUT2D eigenvalue weighted by Gasteiger charge is 2.27. The molecule has 0 radical (unpaired) electrons. The first-order chi connectivity index (χ1) is 6.29. The van der Waals surface area contributed by atoms with Gasteiger partial charge in [-0.1, -0.05) is 15.9 Å². The first-order valence-electron chi connectivity index (χ1n) is 4.43. The van der Waals surface area contributed by atoms with Gasteiger partial charge in [0.25, 0.3) is 0 Å². The minimum absolute atomic E-state index is 0.251. The normalized spacial score (nSPS) is 28.2. The Morgan fingerprint density at radius 3 is 3.08 bits per heavy atom. The lowest BCUT2D eigenvalue weighted by Crippen LogP contribution is -2.07. The number of ether oxygens (including phenoxy) is 1. The van der Waals surface area contributed by atoms with E-state index in [1.165, 1.54) is 4.88 Å². The third kappa shape index (κ3) is 2.11. The van der Waals surface area contributed by atoms with E-state index >= 15 is 0 Å². The van der Waals surface area contributed by atoms with Gasteiger partial charge in [-0.15, -0.1) is 11.3 Å². The summed E-state index contributed by atoms with van der Waals surface area (Å²) in [5.74, 6) is 0. The van der Waals surface area contributed by atoms with E-state index in [4.69, 9.17) is 4.74 Å². The largest absolute Gasteiger partial charge is 0.367 e. The average Bonchev–Trinajstić information content (AvgIpc) is 2.71. The third-order valence-corrected chi connectivity index (χ3v) is 3.92. The van der Waals surface area contributed by atoms with Crippen LogP contribution in [0.15, 0.2) is 6.20 Å². The summed E-state index contributed by atoms with van der Waals surface area (Å²) in [5, 5.41) is 2.08. The molecule has 1 saturated heterocycles. The van der Waals surface area contributed by atoms with Gasteiger partial charge in [0.1, 0.15) is 11.1 Å². The first-order valence-corrected chi connectivity index (χ1v) is 6.37. The van der Waals surface area contributed by atoms with E-state index in [1.54, 1.807) is 11.3 Å². The van der Waals surface area contributed by atoms with Crippen LogP contribution in [0.2, 0.25) is 0 Å². The van der Waals surface area contributed by atoms with E-state index in [0.29, 0.717) is 6.10 Å². The highest BCUT2D eigenvalue weighted by atomic mass is 79.9. The van der Waals surface area contributed by atoms with Crippen molar-refractivity contribution in [1.29, 1.82) is 0 Å². The lowest BCUT2D eigenvalue weighted by Gasteiger charge is -2.08. The molecule has 0 amide bonds. The Morgan fingerprint density at radius 2 is 2.54 bits per heavy atom. The van der Waals surface area contributed by atoms with Crippen LogP contribution in [0.1, 0.15) is 28.8 Å². The Kier molecular flexibility index (Phi) is 3.01. The van der Waals surface area contributed by atoms with Crippen LogP contribution in [0, 0.1) is 6.92 Å². The zero-order valence-electron chi connectivity index (χ0n) is 7.50. The molecule has 0 aliphatic carbocycles. The maximum absolute atomic E-state index is 5.81. The second-order valence-corrected chi connectivity index (χ2v) is 5.20. The summed E-state index contributed by atoms with van der Waals surface area (Å²) in [6.45, 7) is 2.08. The van der Waals surface area contributed by atoms with Crippen molar-refractivity contribution in [3.63, 3.8) is 0 Å². The van der Waals surface area contributed by atoms with Crippen molar-refractivity contribution < 1.29 is 4.74 Å². The Balaban J connectivity index is 2.03. The molecule has 1 fully saturated rings. The molecule has 4 heteroatoms. The molecule has 1 aliphatic rings. The van der Waals surface area contributed by atoms with Gasteiger partial charge in [-0.05, 0) is 19.8 Å². The second-order valence-electron chi connectivity index (χ2n) is 3.29. The molecule has 1 aromatic rings. The number of alkyl halides is 1. The zero-order chi connectivity index (χ0) is 9.26. The van der Waals surface area contributed by atoms with Gasteiger partial charge >= 0.3 is 0 Å². The summed E-state index contributed by atoms with van der Waals surface area (Å²) < 4.78 is 5.81. The molecule has 2 rings (SSSR count). The second kappa shape index (κ2) is 4.07. The maximum Gasteiger partial charge on any atom is 0.122 e. The summed E-state index contributed by atoms with van der Waals surface area (Å²) >= 11 is 5.19. The fourth-order valence-corrected chi connectivity index (χ4v) is 2.84.